The molecule has 0 saturated heterocycles. The van der Waals surface area contributed by atoms with Gasteiger partial charge in [0.15, 0.2) is 0 Å². The highest BCUT2D eigenvalue weighted by Gasteiger charge is 2.16. The maximum Gasteiger partial charge on any atom is 0.148 e. The first-order chi connectivity index (χ1) is 8.31. The molecular weight excluding hydrogens is 293 g/mol. The maximum atomic E-state index is 11.4. The molecule has 0 heterocycles. The minimum atomic E-state index is -3.02. The second kappa shape index (κ2) is 6.75. The second-order valence-electron chi connectivity index (χ2n) is 4.29. The molecule has 1 aromatic rings. The van der Waals surface area contributed by atoms with Crippen molar-refractivity contribution in [1.29, 1.82) is 0 Å². The Hall–Kier alpha value is -0.290. The van der Waals surface area contributed by atoms with Crippen LogP contribution in [0.25, 0.3) is 0 Å². The molecule has 1 aromatic carbocycles. The Morgan fingerprint density at radius 2 is 2.00 bits per heavy atom. The number of sulfone groups is 1. The van der Waals surface area contributed by atoms with Gasteiger partial charge in [-0.05, 0) is 30.7 Å². The average Bonchev–Trinajstić information content (AvgIpc) is 2.20. The van der Waals surface area contributed by atoms with Gasteiger partial charge in [0.25, 0.3) is 0 Å². The summed E-state index contributed by atoms with van der Waals surface area (Å²) in [6.45, 7) is 2.66. The van der Waals surface area contributed by atoms with Crippen LogP contribution in [0, 0.1) is 0 Å². The van der Waals surface area contributed by atoms with Crippen LogP contribution in [-0.2, 0) is 16.3 Å². The van der Waals surface area contributed by atoms with E-state index in [1.54, 1.807) is 12.1 Å². The molecule has 1 atom stereocenters. The number of likely N-dealkylation sites (N-methyl/N-ethyl adjacent to an activating group) is 1. The van der Waals surface area contributed by atoms with Gasteiger partial charge in [0, 0.05) is 22.3 Å². The van der Waals surface area contributed by atoms with Gasteiger partial charge in [-0.1, -0.05) is 36.2 Å². The van der Waals surface area contributed by atoms with Crippen LogP contribution in [0.2, 0.25) is 10.0 Å². The summed E-state index contributed by atoms with van der Waals surface area (Å²) >= 11 is 11.9. The van der Waals surface area contributed by atoms with Crippen LogP contribution < -0.4 is 5.32 Å². The molecule has 1 N–H and O–H groups in total. The first kappa shape index (κ1) is 15.8. The van der Waals surface area contributed by atoms with Crippen LogP contribution in [0.1, 0.15) is 12.5 Å². The number of benzene rings is 1. The lowest BCUT2D eigenvalue weighted by Gasteiger charge is -2.17. The molecule has 0 fully saturated rings. The molecule has 6 heteroatoms. The Morgan fingerprint density at radius 1 is 1.33 bits per heavy atom. The van der Waals surface area contributed by atoms with Crippen LogP contribution in [0.5, 0.6) is 0 Å². The van der Waals surface area contributed by atoms with Gasteiger partial charge < -0.3 is 5.32 Å². The molecule has 18 heavy (non-hydrogen) atoms. The van der Waals surface area contributed by atoms with Gasteiger partial charge in [-0.15, -0.1) is 0 Å². The largest absolute Gasteiger partial charge is 0.313 e. The zero-order valence-electron chi connectivity index (χ0n) is 10.4. The molecule has 1 rings (SSSR count). The lowest BCUT2D eigenvalue weighted by atomic mass is 10.1. The summed E-state index contributed by atoms with van der Waals surface area (Å²) in [5.41, 5.74) is 0.899. The standard InChI is InChI=1S/C12H17Cl2NO2S/c1-3-15-11(8-18(2,16)17)6-9-4-5-10(13)7-12(9)14/h4-5,7,11,15H,3,6,8H2,1-2H3. The van der Waals surface area contributed by atoms with Crippen LogP contribution in [-0.4, -0.2) is 33.0 Å². The highest BCUT2D eigenvalue weighted by molar-refractivity contribution is 7.90. The van der Waals surface area contributed by atoms with Crippen molar-refractivity contribution >= 4 is 33.0 Å². The first-order valence-electron chi connectivity index (χ1n) is 5.67. The smallest absolute Gasteiger partial charge is 0.148 e. The zero-order chi connectivity index (χ0) is 13.8. The van der Waals surface area contributed by atoms with E-state index in [1.807, 2.05) is 13.0 Å². The molecule has 0 aromatic heterocycles. The third kappa shape index (κ3) is 5.57. The number of hydrogen-bond donors (Lipinski definition) is 1. The molecule has 0 aliphatic rings. The van der Waals surface area contributed by atoms with E-state index in [-0.39, 0.29) is 11.8 Å². The quantitative estimate of drug-likeness (QED) is 0.878. The van der Waals surface area contributed by atoms with Crippen molar-refractivity contribution in [1.82, 2.24) is 5.32 Å². The molecule has 0 spiro atoms. The predicted molar refractivity (Wildman–Crippen MR) is 77.3 cm³/mol. The maximum absolute atomic E-state index is 11.4. The fourth-order valence-corrected chi connectivity index (χ4v) is 3.25. The van der Waals surface area contributed by atoms with Gasteiger partial charge in [0.05, 0.1) is 5.75 Å². The van der Waals surface area contributed by atoms with Crippen molar-refractivity contribution < 1.29 is 8.42 Å². The highest BCUT2D eigenvalue weighted by atomic mass is 35.5. The minimum absolute atomic E-state index is 0.0970. The van der Waals surface area contributed by atoms with E-state index in [4.69, 9.17) is 23.2 Å². The summed E-state index contributed by atoms with van der Waals surface area (Å²) in [5.74, 6) is 0.0970. The van der Waals surface area contributed by atoms with Crippen molar-refractivity contribution in [2.24, 2.45) is 0 Å². The Kier molecular flexibility index (Phi) is 5.92. The van der Waals surface area contributed by atoms with E-state index in [0.717, 1.165) is 5.56 Å². The van der Waals surface area contributed by atoms with E-state index >= 15 is 0 Å². The number of nitrogens with one attached hydrogen (secondary N) is 1. The molecule has 0 aliphatic heterocycles. The summed E-state index contributed by atoms with van der Waals surface area (Å²) in [4.78, 5) is 0. The summed E-state index contributed by atoms with van der Waals surface area (Å²) in [7, 11) is -3.02. The first-order valence-corrected chi connectivity index (χ1v) is 8.48. The van der Waals surface area contributed by atoms with Crippen molar-refractivity contribution in [2.45, 2.75) is 19.4 Å². The molecule has 0 amide bonds. The van der Waals surface area contributed by atoms with Gasteiger partial charge in [0.2, 0.25) is 0 Å². The van der Waals surface area contributed by atoms with Crippen molar-refractivity contribution in [3.8, 4) is 0 Å². The lowest BCUT2D eigenvalue weighted by Crippen LogP contribution is -2.37. The van der Waals surface area contributed by atoms with Crippen LogP contribution in [0.3, 0.4) is 0 Å². The summed E-state index contributed by atoms with van der Waals surface area (Å²) < 4.78 is 22.7. The van der Waals surface area contributed by atoms with E-state index in [2.05, 4.69) is 5.32 Å². The summed E-state index contributed by atoms with van der Waals surface area (Å²) in [6.07, 6.45) is 1.80. The lowest BCUT2D eigenvalue weighted by molar-refractivity contribution is 0.545. The monoisotopic (exact) mass is 309 g/mol. The van der Waals surface area contributed by atoms with Gasteiger partial charge in [-0.25, -0.2) is 8.42 Å². The van der Waals surface area contributed by atoms with E-state index in [0.29, 0.717) is 23.0 Å². The average molecular weight is 310 g/mol. The topological polar surface area (TPSA) is 46.2 Å². The number of hydrogen-bond acceptors (Lipinski definition) is 3. The summed E-state index contributed by atoms with van der Waals surface area (Å²) in [6, 6.07) is 5.12. The molecule has 0 radical (unpaired) electrons. The highest BCUT2D eigenvalue weighted by Crippen LogP contribution is 2.22. The van der Waals surface area contributed by atoms with Crippen LogP contribution in [0.15, 0.2) is 18.2 Å². The van der Waals surface area contributed by atoms with E-state index < -0.39 is 9.84 Å². The van der Waals surface area contributed by atoms with Crippen molar-refractivity contribution in [2.75, 3.05) is 18.6 Å². The Morgan fingerprint density at radius 3 is 2.50 bits per heavy atom. The molecule has 0 saturated carbocycles. The molecule has 1 unspecified atom stereocenters. The Bertz CT molecular complexity index is 503. The van der Waals surface area contributed by atoms with Gasteiger partial charge >= 0.3 is 0 Å². The third-order valence-corrected chi connectivity index (χ3v) is 4.07. The molecule has 0 bridgehead atoms. The van der Waals surface area contributed by atoms with E-state index in [1.165, 1.54) is 6.26 Å². The van der Waals surface area contributed by atoms with Gasteiger partial charge in [-0.3, -0.25) is 0 Å². The van der Waals surface area contributed by atoms with Crippen LogP contribution in [0.4, 0.5) is 0 Å². The molecule has 102 valence electrons. The SMILES string of the molecule is CCNC(Cc1ccc(Cl)cc1Cl)CS(C)(=O)=O. The second-order valence-corrected chi connectivity index (χ2v) is 7.32. The Balaban J connectivity index is 2.82. The fourth-order valence-electron chi connectivity index (χ4n) is 1.80. The number of rotatable bonds is 6. The van der Waals surface area contributed by atoms with Crippen LogP contribution >= 0.6 is 23.2 Å². The normalized spacial score (nSPS) is 13.6. The third-order valence-electron chi connectivity index (χ3n) is 2.48. The van der Waals surface area contributed by atoms with Crippen molar-refractivity contribution in [3.63, 3.8) is 0 Å². The fraction of sp³-hybridized carbons (Fsp3) is 0.500. The Labute approximate surface area is 118 Å². The van der Waals surface area contributed by atoms with Gasteiger partial charge in [-0.2, -0.15) is 0 Å². The van der Waals surface area contributed by atoms with Crippen molar-refractivity contribution in [3.05, 3.63) is 33.8 Å². The summed E-state index contributed by atoms with van der Waals surface area (Å²) in [5, 5.41) is 4.30. The van der Waals surface area contributed by atoms with E-state index in [9.17, 15) is 8.42 Å². The zero-order valence-corrected chi connectivity index (χ0v) is 12.7. The number of halogens is 2. The molecular formula is C12H17Cl2NO2S. The predicted octanol–water partition coefficient (Wildman–Crippen LogP) is 2.56. The van der Waals surface area contributed by atoms with Gasteiger partial charge in [0.1, 0.15) is 9.84 Å². The molecule has 0 aliphatic carbocycles. The minimum Gasteiger partial charge on any atom is -0.313 e. The molecule has 3 nitrogen and oxygen atoms in total.